The number of fused-ring (bicyclic) bond motifs is 1. The zero-order valence-electron chi connectivity index (χ0n) is 21.9. The summed E-state index contributed by atoms with van der Waals surface area (Å²) in [5.74, 6) is 2.67. The highest BCUT2D eigenvalue weighted by atomic mass is 35.5. The minimum absolute atomic E-state index is 0.391. The molecule has 1 aliphatic heterocycles. The lowest BCUT2D eigenvalue weighted by Gasteiger charge is -2.24. The summed E-state index contributed by atoms with van der Waals surface area (Å²) in [6, 6.07) is 20.3. The lowest BCUT2D eigenvalue weighted by atomic mass is 10.1. The Morgan fingerprint density at radius 1 is 1.00 bits per heavy atom. The predicted molar refractivity (Wildman–Crippen MR) is 157 cm³/mol. The van der Waals surface area contributed by atoms with Crippen molar-refractivity contribution in [3.8, 4) is 17.2 Å². The van der Waals surface area contributed by atoms with Gasteiger partial charge in [-0.15, -0.1) is 0 Å². The monoisotopic (exact) mass is 576 g/mol. The molecule has 0 fully saturated rings. The van der Waals surface area contributed by atoms with Gasteiger partial charge in [-0.2, -0.15) is 0 Å². The van der Waals surface area contributed by atoms with Crippen molar-refractivity contribution in [2.75, 3.05) is 31.0 Å². The van der Waals surface area contributed by atoms with Crippen molar-refractivity contribution >= 4 is 52.6 Å². The Morgan fingerprint density at radius 3 is 2.55 bits per heavy atom. The number of halogens is 2. The zero-order chi connectivity index (χ0) is 28.1. The summed E-state index contributed by atoms with van der Waals surface area (Å²) in [6.45, 7) is 1.15. The molecule has 1 N–H and O–H groups in total. The number of carbonyl (C=O) groups is 1. The first-order valence-electron chi connectivity index (χ1n) is 12.4. The molecule has 1 aliphatic rings. The third kappa shape index (κ3) is 6.30. The van der Waals surface area contributed by atoms with Crippen molar-refractivity contribution in [1.82, 2.24) is 9.97 Å². The second-order valence-electron chi connectivity index (χ2n) is 8.97. The third-order valence-electron chi connectivity index (χ3n) is 6.33. The van der Waals surface area contributed by atoms with Crippen LogP contribution < -0.4 is 19.7 Å². The molecule has 0 bridgehead atoms. The number of nitrogens with zero attached hydrogens (tertiary/aromatic N) is 3. The van der Waals surface area contributed by atoms with E-state index >= 15 is 0 Å². The molecule has 10 heteroatoms. The summed E-state index contributed by atoms with van der Waals surface area (Å²) in [6.07, 6.45) is 3.77. The van der Waals surface area contributed by atoms with E-state index in [0.717, 1.165) is 11.3 Å². The molecule has 0 saturated heterocycles. The second-order valence-corrected chi connectivity index (χ2v) is 9.81. The van der Waals surface area contributed by atoms with E-state index in [4.69, 9.17) is 37.4 Å². The molecule has 3 aromatic carbocycles. The van der Waals surface area contributed by atoms with Crippen LogP contribution in [0, 0.1) is 0 Å². The Balaban J connectivity index is 1.45. The van der Waals surface area contributed by atoms with Crippen LogP contribution in [0.5, 0.6) is 17.2 Å². The molecule has 0 radical (unpaired) electrons. The Hall–Kier alpha value is -4.27. The number of hydrogen-bond donors (Lipinski definition) is 1. The van der Waals surface area contributed by atoms with E-state index in [9.17, 15) is 4.79 Å². The standard InChI is InChI=1S/C30H26Cl2N4O4/c1-38-23-9-6-19(7-10-23)17-36-13-12-20(30(37)39-2)14-25-28(33-18-34-29(25)36)35-22-8-11-27(26(32)16-22)40-24-5-3-4-21(31)15-24/h3-11,14-16,18H,12-13,17H2,1-2H3,(H,33,34,35). The molecule has 204 valence electrons. The topological polar surface area (TPSA) is 85.8 Å². The number of ether oxygens (including phenoxy) is 3. The van der Waals surface area contributed by atoms with Gasteiger partial charge in [-0.05, 0) is 66.6 Å². The van der Waals surface area contributed by atoms with Crippen molar-refractivity contribution in [2.24, 2.45) is 0 Å². The molecule has 0 spiro atoms. The van der Waals surface area contributed by atoms with Gasteiger partial charge in [0, 0.05) is 29.4 Å². The van der Waals surface area contributed by atoms with Crippen LogP contribution in [0.1, 0.15) is 17.5 Å². The highest BCUT2D eigenvalue weighted by Gasteiger charge is 2.24. The molecule has 0 atom stereocenters. The van der Waals surface area contributed by atoms with Gasteiger partial charge < -0.3 is 24.4 Å². The molecule has 40 heavy (non-hydrogen) atoms. The lowest BCUT2D eigenvalue weighted by molar-refractivity contribution is -0.136. The van der Waals surface area contributed by atoms with Crippen LogP contribution in [-0.2, 0) is 16.1 Å². The lowest BCUT2D eigenvalue weighted by Crippen LogP contribution is -2.25. The summed E-state index contributed by atoms with van der Waals surface area (Å²) in [4.78, 5) is 23.8. The maximum absolute atomic E-state index is 12.6. The zero-order valence-corrected chi connectivity index (χ0v) is 23.4. The first kappa shape index (κ1) is 27.3. The Kier molecular flexibility index (Phi) is 8.38. The van der Waals surface area contributed by atoms with Crippen LogP contribution in [0.2, 0.25) is 10.0 Å². The SMILES string of the molecule is COC(=O)C1=Cc2c(Nc3ccc(Oc4cccc(Cl)c4)c(Cl)c3)ncnc2N(Cc2ccc(OC)cc2)CC1. The highest BCUT2D eigenvalue weighted by molar-refractivity contribution is 6.32. The fourth-order valence-electron chi connectivity index (χ4n) is 4.33. The van der Waals surface area contributed by atoms with Crippen molar-refractivity contribution < 1.29 is 19.0 Å². The average molecular weight is 577 g/mol. The molecular weight excluding hydrogens is 551 g/mol. The van der Waals surface area contributed by atoms with E-state index in [-0.39, 0.29) is 0 Å². The maximum atomic E-state index is 12.6. The quantitative estimate of drug-likeness (QED) is 0.219. The number of rotatable bonds is 8. The van der Waals surface area contributed by atoms with Crippen molar-refractivity contribution in [2.45, 2.75) is 13.0 Å². The fraction of sp³-hybridized carbons (Fsp3) is 0.167. The van der Waals surface area contributed by atoms with Crippen LogP contribution in [0.25, 0.3) is 6.08 Å². The number of benzene rings is 3. The number of anilines is 3. The Bertz CT molecular complexity index is 1560. The highest BCUT2D eigenvalue weighted by Crippen LogP contribution is 2.36. The second kappa shape index (κ2) is 12.3. The molecule has 2 heterocycles. The molecule has 5 rings (SSSR count). The van der Waals surface area contributed by atoms with Crippen LogP contribution in [0.4, 0.5) is 17.3 Å². The summed E-state index contributed by atoms with van der Waals surface area (Å²) >= 11 is 12.6. The average Bonchev–Trinajstić information content (AvgIpc) is 3.15. The van der Waals surface area contributed by atoms with Crippen molar-refractivity contribution in [1.29, 1.82) is 0 Å². The molecular formula is C30H26Cl2N4O4. The van der Waals surface area contributed by atoms with E-state index in [2.05, 4.69) is 20.2 Å². The maximum Gasteiger partial charge on any atom is 0.333 e. The molecule has 0 amide bonds. The van der Waals surface area contributed by atoms with E-state index in [1.807, 2.05) is 30.3 Å². The van der Waals surface area contributed by atoms with Gasteiger partial charge in [-0.3, -0.25) is 0 Å². The number of hydrogen-bond acceptors (Lipinski definition) is 8. The van der Waals surface area contributed by atoms with Crippen molar-refractivity contribution in [3.05, 3.63) is 99.8 Å². The number of carbonyl (C=O) groups excluding carboxylic acids is 1. The van der Waals surface area contributed by atoms with E-state index in [0.29, 0.717) is 69.5 Å². The minimum Gasteiger partial charge on any atom is -0.497 e. The largest absolute Gasteiger partial charge is 0.497 e. The van der Waals surface area contributed by atoms with E-state index in [1.54, 1.807) is 49.6 Å². The van der Waals surface area contributed by atoms with Gasteiger partial charge >= 0.3 is 5.97 Å². The Labute approximate surface area is 242 Å². The van der Waals surface area contributed by atoms with Crippen LogP contribution in [0.15, 0.2) is 78.6 Å². The number of nitrogens with one attached hydrogen (secondary N) is 1. The minimum atomic E-state index is -0.391. The Morgan fingerprint density at radius 2 is 1.82 bits per heavy atom. The van der Waals surface area contributed by atoms with Gasteiger partial charge in [-0.25, -0.2) is 14.8 Å². The van der Waals surface area contributed by atoms with Crippen LogP contribution in [-0.4, -0.2) is 36.7 Å². The number of methoxy groups -OCH3 is 2. The number of esters is 1. The summed E-state index contributed by atoms with van der Waals surface area (Å²) in [5, 5.41) is 4.29. The molecule has 0 unspecified atom stereocenters. The van der Waals surface area contributed by atoms with Crippen LogP contribution >= 0.6 is 23.2 Å². The molecule has 8 nitrogen and oxygen atoms in total. The van der Waals surface area contributed by atoms with Crippen molar-refractivity contribution in [3.63, 3.8) is 0 Å². The van der Waals surface area contributed by atoms with E-state index in [1.165, 1.54) is 13.4 Å². The fourth-order valence-corrected chi connectivity index (χ4v) is 4.73. The molecule has 4 aromatic rings. The summed E-state index contributed by atoms with van der Waals surface area (Å²) < 4.78 is 16.2. The smallest absolute Gasteiger partial charge is 0.333 e. The van der Waals surface area contributed by atoms with E-state index < -0.39 is 5.97 Å². The predicted octanol–water partition coefficient (Wildman–Crippen LogP) is 7.29. The van der Waals surface area contributed by atoms with Gasteiger partial charge in [-0.1, -0.05) is 41.4 Å². The molecule has 0 saturated carbocycles. The van der Waals surface area contributed by atoms with Gasteiger partial charge in [0.15, 0.2) is 0 Å². The van der Waals surface area contributed by atoms with Gasteiger partial charge in [0.25, 0.3) is 0 Å². The summed E-state index contributed by atoms with van der Waals surface area (Å²) in [7, 11) is 3.01. The first-order chi connectivity index (χ1) is 19.4. The van der Waals surface area contributed by atoms with Crippen LogP contribution in [0.3, 0.4) is 0 Å². The van der Waals surface area contributed by atoms with Gasteiger partial charge in [0.2, 0.25) is 0 Å². The molecule has 1 aromatic heterocycles. The first-order valence-corrected chi connectivity index (χ1v) is 13.2. The normalized spacial score (nSPS) is 12.6. The van der Waals surface area contributed by atoms with Gasteiger partial charge in [0.1, 0.15) is 35.2 Å². The summed E-state index contributed by atoms with van der Waals surface area (Å²) in [5.41, 5.74) is 2.96. The third-order valence-corrected chi connectivity index (χ3v) is 6.86. The number of aromatic nitrogens is 2. The van der Waals surface area contributed by atoms with Gasteiger partial charge in [0.05, 0.1) is 24.8 Å². The molecule has 0 aliphatic carbocycles.